The zero-order valence-electron chi connectivity index (χ0n) is 13.5. The van der Waals surface area contributed by atoms with Gasteiger partial charge < -0.3 is 9.73 Å². The smallest absolute Gasteiger partial charge is 0.158 e. The van der Waals surface area contributed by atoms with E-state index >= 15 is 0 Å². The van der Waals surface area contributed by atoms with E-state index in [1.807, 2.05) is 13.0 Å². The monoisotopic (exact) mass is 293 g/mol. The van der Waals surface area contributed by atoms with E-state index in [2.05, 4.69) is 61.6 Å². The summed E-state index contributed by atoms with van der Waals surface area (Å²) in [4.78, 5) is 0. The molecular weight excluding hydrogens is 270 g/mol. The van der Waals surface area contributed by atoms with Gasteiger partial charge in [-0.2, -0.15) is 0 Å². The predicted octanol–water partition coefficient (Wildman–Crippen LogP) is 5.77. The van der Waals surface area contributed by atoms with Crippen molar-refractivity contribution < 1.29 is 4.42 Å². The zero-order chi connectivity index (χ0) is 15.5. The number of fused-ring (bicyclic) bond motifs is 3. The lowest BCUT2D eigenvalue weighted by atomic mass is 10.0. The topological polar surface area (TPSA) is 25.2 Å². The van der Waals surface area contributed by atoms with Gasteiger partial charge in [0.05, 0.1) is 5.69 Å². The molecule has 1 N–H and O–H groups in total. The van der Waals surface area contributed by atoms with Crippen LogP contribution in [0, 0.1) is 5.92 Å². The first-order chi connectivity index (χ1) is 10.7. The van der Waals surface area contributed by atoms with Crippen LogP contribution in [0.4, 0.5) is 5.69 Å². The second-order valence-corrected chi connectivity index (χ2v) is 6.13. The van der Waals surface area contributed by atoms with E-state index in [1.54, 1.807) is 0 Å². The summed E-state index contributed by atoms with van der Waals surface area (Å²) in [6, 6.07) is 12.8. The van der Waals surface area contributed by atoms with E-state index in [9.17, 15) is 0 Å². The minimum Gasteiger partial charge on any atom is -0.454 e. The second kappa shape index (κ2) is 6.27. The maximum atomic E-state index is 6.26. The predicted molar refractivity (Wildman–Crippen MR) is 95.6 cm³/mol. The molecule has 0 spiro atoms. The molecule has 0 bridgehead atoms. The summed E-state index contributed by atoms with van der Waals surface area (Å²) in [6.07, 6.45) is 5.19. The zero-order valence-corrected chi connectivity index (χ0v) is 13.5. The fourth-order valence-electron chi connectivity index (χ4n) is 2.91. The van der Waals surface area contributed by atoms with Gasteiger partial charge in [0.25, 0.3) is 0 Å². The van der Waals surface area contributed by atoms with Gasteiger partial charge in [0.15, 0.2) is 5.58 Å². The van der Waals surface area contributed by atoms with Gasteiger partial charge in [-0.1, -0.05) is 56.3 Å². The quantitative estimate of drug-likeness (QED) is 0.604. The highest BCUT2D eigenvalue weighted by Gasteiger charge is 2.13. The Labute approximate surface area is 131 Å². The molecule has 2 aromatic carbocycles. The number of rotatable bonds is 5. The first-order valence-electron chi connectivity index (χ1n) is 7.99. The number of nitrogens with one attached hydrogen (secondary N) is 1. The maximum Gasteiger partial charge on any atom is 0.158 e. The van der Waals surface area contributed by atoms with Crippen molar-refractivity contribution in [2.24, 2.45) is 5.92 Å². The lowest BCUT2D eigenvalue weighted by molar-refractivity contribution is 0.624. The minimum absolute atomic E-state index is 0.617. The van der Waals surface area contributed by atoms with Crippen molar-refractivity contribution >= 4 is 27.6 Å². The molecule has 0 radical (unpaired) electrons. The average Bonchev–Trinajstić information content (AvgIpc) is 2.88. The molecule has 22 heavy (non-hydrogen) atoms. The molecule has 0 aliphatic heterocycles. The molecule has 0 unspecified atom stereocenters. The molecule has 0 aliphatic carbocycles. The Bertz CT molecular complexity index is 811. The number of hydrogen-bond donors (Lipinski definition) is 1. The summed E-state index contributed by atoms with van der Waals surface area (Å²) in [5.74, 6) is 0.617. The van der Waals surface area contributed by atoms with Crippen LogP contribution in [-0.4, -0.2) is 6.54 Å². The summed E-state index contributed by atoms with van der Waals surface area (Å²) in [7, 11) is 0. The van der Waals surface area contributed by atoms with Gasteiger partial charge in [-0.05, 0) is 30.9 Å². The number of anilines is 1. The van der Waals surface area contributed by atoms with Crippen molar-refractivity contribution in [1.29, 1.82) is 0 Å². The molecule has 1 heterocycles. The third-order valence-electron chi connectivity index (χ3n) is 3.88. The Morgan fingerprint density at radius 2 is 1.77 bits per heavy atom. The molecule has 2 nitrogen and oxygen atoms in total. The van der Waals surface area contributed by atoms with Gasteiger partial charge in [-0.25, -0.2) is 0 Å². The molecule has 3 aromatic rings. The van der Waals surface area contributed by atoms with Crippen molar-refractivity contribution in [2.45, 2.75) is 27.2 Å². The Morgan fingerprint density at radius 3 is 2.50 bits per heavy atom. The van der Waals surface area contributed by atoms with Crippen LogP contribution in [-0.2, 0) is 6.42 Å². The highest BCUT2D eigenvalue weighted by Crippen LogP contribution is 2.35. The first kappa shape index (κ1) is 14.7. The van der Waals surface area contributed by atoms with Gasteiger partial charge in [-0.15, -0.1) is 0 Å². The molecule has 0 amide bonds. The summed E-state index contributed by atoms with van der Waals surface area (Å²) < 4.78 is 6.26. The van der Waals surface area contributed by atoms with Crippen LogP contribution in [0.15, 0.2) is 53.0 Å². The largest absolute Gasteiger partial charge is 0.454 e. The molecule has 0 atom stereocenters. The van der Waals surface area contributed by atoms with Crippen LogP contribution in [0.1, 0.15) is 26.3 Å². The van der Waals surface area contributed by atoms with Crippen molar-refractivity contribution in [2.75, 3.05) is 11.9 Å². The van der Waals surface area contributed by atoms with Crippen molar-refractivity contribution in [3.63, 3.8) is 0 Å². The Morgan fingerprint density at radius 1 is 1.05 bits per heavy atom. The molecule has 0 saturated carbocycles. The number of benzene rings is 2. The van der Waals surface area contributed by atoms with E-state index in [1.165, 1.54) is 16.3 Å². The Hall–Kier alpha value is -2.22. The second-order valence-electron chi connectivity index (χ2n) is 6.13. The van der Waals surface area contributed by atoms with Gasteiger partial charge in [0.2, 0.25) is 0 Å². The summed E-state index contributed by atoms with van der Waals surface area (Å²) in [5.41, 5.74) is 4.34. The first-order valence-corrected chi connectivity index (χ1v) is 7.99. The number of hydrogen-bond acceptors (Lipinski definition) is 2. The van der Waals surface area contributed by atoms with Gasteiger partial charge in [0.1, 0.15) is 5.58 Å². The van der Waals surface area contributed by atoms with Crippen molar-refractivity contribution in [3.05, 3.63) is 54.1 Å². The summed E-state index contributed by atoms with van der Waals surface area (Å²) >= 11 is 0. The standard InChI is InChI=1S/C20H23NO/c1-4-5-12-21-18-11-7-10-17-16-9-6-8-15(13-14(2)3)19(16)22-20(17)18/h4-11,14,21H,12-13H2,1-3H3/b5-4-. The highest BCUT2D eigenvalue weighted by atomic mass is 16.3. The highest BCUT2D eigenvalue weighted by molar-refractivity contribution is 6.09. The molecule has 0 saturated heterocycles. The van der Waals surface area contributed by atoms with Gasteiger partial charge in [0, 0.05) is 17.3 Å². The molecule has 114 valence electrons. The maximum absolute atomic E-state index is 6.26. The third kappa shape index (κ3) is 2.74. The van der Waals surface area contributed by atoms with E-state index in [-0.39, 0.29) is 0 Å². The van der Waals surface area contributed by atoms with Gasteiger partial charge in [-0.3, -0.25) is 0 Å². The fourth-order valence-corrected chi connectivity index (χ4v) is 2.91. The fraction of sp³-hybridized carbons (Fsp3) is 0.300. The van der Waals surface area contributed by atoms with Crippen LogP contribution < -0.4 is 5.32 Å². The lowest BCUT2D eigenvalue weighted by Gasteiger charge is -2.05. The van der Waals surface area contributed by atoms with Crippen LogP contribution in [0.5, 0.6) is 0 Å². The number of furan rings is 1. The van der Waals surface area contributed by atoms with Crippen LogP contribution in [0.2, 0.25) is 0 Å². The van der Waals surface area contributed by atoms with E-state index < -0.39 is 0 Å². The summed E-state index contributed by atoms with van der Waals surface area (Å²) in [5, 5.41) is 5.83. The van der Waals surface area contributed by atoms with E-state index in [0.29, 0.717) is 5.92 Å². The van der Waals surface area contributed by atoms with Crippen molar-refractivity contribution in [3.8, 4) is 0 Å². The van der Waals surface area contributed by atoms with Crippen molar-refractivity contribution in [1.82, 2.24) is 0 Å². The van der Waals surface area contributed by atoms with Gasteiger partial charge >= 0.3 is 0 Å². The van der Waals surface area contributed by atoms with Crippen LogP contribution in [0.25, 0.3) is 21.9 Å². The van der Waals surface area contributed by atoms with Crippen LogP contribution >= 0.6 is 0 Å². The third-order valence-corrected chi connectivity index (χ3v) is 3.88. The Kier molecular flexibility index (Phi) is 4.19. The van der Waals surface area contributed by atoms with E-state index in [4.69, 9.17) is 4.42 Å². The molecular formula is C20H23NO. The number of para-hydroxylation sites is 2. The average molecular weight is 293 g/mol. The minimum atomic E-state index is 0.617. The molecule has 0 aliphatic rings. The SMILES string of the molecule is C/C=C\CNc1cccc2c1oc1c(CC(C)C)cccc12. The molecule has 2 heteroatoms. The number of allylic oxidation sites excluding steroid dienone is 1. The molecule has 1 aromatic heterocycles. The molecule has 0 fully saturated rings. The van der Waals surface area contributed by atoms with Crippen LogP contribution in [0.3, 0.4) is 0 Å². The summed E-state index contributed by atoms with van der Waals surface area (Å²) in [6.45, 7) is 7.32. The Balaban J connectivity index is 2.14. The van der Waals surface area contributed by atoms with E-state index in [0.717, 1.165) is 29.8 Å². The lowest BCUT2D eigenvalue weighted by Crippen LogP contribution is -1.97. The molecule has 3 rings (SSSR count). The normalized spacial score (nSPS) is 12.0.